The molecule has 1 aromatic rings. The van der Waals surface area contributed by atoms with E-state index in [1.165, 1.54) is 31.6 Å². The van der Waals surface area contributed by atoms with E-state index in [1.54, 1.807) is 14.2 Å². The maximum absolute atomic E-state index is 5.33. The van der Waals surface area contributed by atoms with E-state index in [2.05, 4.69) is 22.3 Å². The van der Waals surface area contributed by atoms with Crippen LogP contribution in [0.3, 0.4) is 0 Å². The second-order valence-corrected chi connectivity index (χ2v) is 4.88. The number of rotatable bonds is 6. The first-order chi connectivity index (χ1) is 9.33. The molecule has 0 bridgehead atoms. The molecule has 0 atom stereocenters. The first kappa shape index (κ1) is 14.2. The SMILES string of the molecule is COc1ccc(CCCN2CCNCC2)cc1OC. The quantitative estimate of drug-likeness (QED) is 0.845. The number of benzene rings is 1. The minimum Gasteiger partial charge on any atom is -0.493 e. The van der Waals surface area contributed by atoms with Gasteiger partial charge in [-0.15, -0.1) is 0 Å². The average Bonchev–Trinajstić information content (AvgIpc) is 2.48. The zero-order chi connectivity index (χ0) is 13.5. The Morgan fingerprint density at radius 3 is 2.53 bits per heavy atom. The van der Waals surface area contributed by atoms with Crippen molar-refractivity contribution >= 4 is 0 Å². The maximum atomic E-state index is 5.33. The molecule has 1 aliphatic rings. The van der Waals surface area contributed by atoms with E-state index in [4.69, 9.17) is 9.47 Å². The van der Waals surface area contributed by atoms with Gasteiger partial charge in [0.25, 0.3) is 0 Å². The summed E-state index contributed by atoms with van der Waals surface area (Å²) in [6, 6.07) is 6.19. The molecule has 1 heterocycles. The Balaban J connectivity index is 1.81. The highest BCUT2D eigenvalue weighted by Gasteiger charge is 2.09. The molecule has 0 radical (unpaired) electrons. The molecule has 1 N–H and O–H groups in total. The van der Waals surface area contributed by atoms with Gasteiger partial charge in [-0.25, -0.2) is 0 Å². The van der Waals surface area contributed by atoms with Gasteiger partial charge < -0.3 is 19.7 Å². The summed E-state index contributed by atoms with van der Waals surface area (Å²) in [5.74, 6) is 1.62. The number of nitrogens with zero attached hydrogens (tertiary/aromatic N) is 1. The van der Waals surface area contributed by atoms with Gasteiger partial charge in [0.15, 0.2) is 11.5 Å². The Kier molecular flexibility index (Phi) is 5.48. The summed E-state index contributed by atoms with van der Waals surface area (Å²) in [5, 5.41) is 3.38. The number of hydrogen-bond donors (Lipinski definition) is 1. The molecule has 4 nitrogen and oxygen atoms in total. The summed E-state index contributed by atoms with van der Waals surface area (Å²) in [5.41, 5.74) is 1.31. The molecule has 1 fully saturated rings. The summed E-state index contributed by atoms with van der Waals surface area (Å²) in [7, 11) is 3.35. The Morgan fingerprint density at radius 2 is 1.84 bits per heavy atom. The third kappa shape index (κ3) is 4.11. The average molecular weight is 264 g/mol. The lowest BCUT2D eigenvalue weighted by atomic mass is 10.1. The van der Waals surface area contributed by atoms with Crippen LogP contribution in [0.25, 0.3) is 0 Å². The van der Waals surface area contributed by atoms with Crippen molar-refractivity contribution in [3.63, 3.8) is 0 Å². The summed E-state index contributed by atoms with van der Waals surface area (Å²) in [4.78, 5) is 2.53. The second kappa shape index (κ2) is 7.36. The highest BCUT2D eigenvalue weighted by Crippen LogP contribution is 2.27. The van der Waals surface area contributed by atoms with Crippen LogP contribution in [-0.4, -0.2) is 51.8 Å². The van der Waals surface area contributed by atoms with Gasteiger partial charge in [0, 0.05) is 26.2 Å². The van der Waals surface area contributed by atoms with E-state index < -0.39 is 0 Å². The van der Waals surface area contributed by atoms with Crippen molar-refractivity contribution in [2.45, 2.75) is 12.8 Å². The van der Waals surface area contributed by atoms with Gasteiger partial charge in [-0.1, -0.05) is 6.07 Å². The van der Waals surface area contributed by atoms with Gasteiger partial charge in [0.1, 0.15) is 0 Å². The van der Waals surface area contributed by atoms with Gasteiger partial charge >= 0.3 is 0 Å². The van der Waals surface area contributed by atoms with Gasteiger partial charge in [-0.2, -0.15) is 0 Å². The summed E-state index contributed by atoms with van der Waals surface area (Å²) in [6.07, 6.45) is 2.28. The molecule has 1 aliphatic heterocycles. The molecule has 0 aliphatic carbocycles. The molecule has 1 saturated heterocycles. The van der Waals surface area contributed by atoms with Gasteiger partial charge in [-0.05, 0) is 37.1 Å². The Bertz CT molecular complexity index is 390. The van der Waals surface area contributed by atoms with E-state index in [1.807, 2.05) is 6.07 Å². The molecule has 1 aromatic carbocycles. The van der Waals surface area contributed by atoms with Crippen LogP contribution in [0.4, 0.5) is 0 Å². The normalized spacial score (nSPS) is 16.3. The van der Waals surface area contributed by atoms with Crippen LogP contribution < -0.4 is 14.8 Å². The molecule has 19 heavy (non-hydrogen) atoms. The van der Waals surface area contributed by atoms with E-state index >= 15 is 0 Å². The fourth-order valence-corrected chi connectivity index (χ4v) is 2.48. The largest absolute Gasteiger partial charge is 0.493 e. The van der Waals surface area contributed by atoms with Crippen LogP contribution in [0, 0.1) is 0 Å². The van der Waals surface area contributed by atoms with Gasteiger partial charge in [0.05, 0.1) is 14.2 Å². The second-order valence-electron chi connectivity index (χ2n) is 4.88. The number of hydrogen-bond acceptors (Lipinski definition) is 4. The number of piperazine rings is 1. The van der Waals surface area contributed by atoms with Crippen LogP contribution in [0.5, 0.6) is 11.5 Å². The molecular formula is C15H24N2O2. The van der Waals surface area contributed by atoms with Crippen molar-refractivity contribution in [2.75, 3.05) is 46.9 Å². The molecule has 0 amide bonds. The van der Waals surface area contributed by atoms with E-state index in [0.29, 0.717) is 0 Å². The molecular weight excluding hydrogens is 240 g/mol. The summed E-state index contributed by atoms with van der Waals surface area (Å²) < 4.78 is 10.6. The smallest absolute Gasteiger partial charge is 0.160 e. The minimum atomic E-state index is 0.799. The fraction of sp³-hybridized carbons (Fsp3) is 0.600. The van der Waals surface area contributed by atoms with Crippen molar-refractivity contribution in [2.24, 2.45) is 0 Å². The summed E-state index contributed by atoms with van der Waals surface area (Å²) >= 11 is 0. The molecule has 0 saturated carbocycles. The van der Waals surface area contributed by atoms with Crippen molar-refractivity contribution in [1.29, 1.82) is 0 Å². The topological polar surface area (TPSA) is 33.7 Å². The lowest BCUT2D eigenvalue weighted by Gasteiger charge is -2.27. The van der Waals surface area contributed by atoms with E-state index in [-0.39, 0.29) is 0 Å². The third-order valence-electron chi connectivity index (χ3n) is 3.60. The molecule has 0 unspecified atom stereocenters. The Labute approximate surface area is 115 Å². The van der Waals surface area contributed by atoms with E-state index in [0.717, 1.165) is 31.0 Å². The summed E-state index contributed by atoms with van der Waals surface area (Å²) in [6.45, 7) is 5.76. The lowest BCUT2D eigenvalue weighted by molar-refractivity contribution is 0.238. The lowest BCUT2D eigenvalue weighted by Crippen LogP contribution is -2.43. The number of aryl methyl sites for hydroxylation is 1. The Morgan fingerprint density at radius 1 is 1.11 bits per heavy atom. The molecule has 2 rings (SSSR count). The highest BCUT2D eigenvalue weighted by atomic mass is 16.5. The monoisotopic (exact) mass is 264 g/mol. The highest BCUT2D eigenvalue weighted by molar-refractivity contribution is 5.42. The Hall–Kier alpha value is -1.26. The first-order valence-corrected chi connectivity index (χ1v) is 6.97. The molecule has 0 spiro atoms. The zero-order valence-corrected chi connectivity index (χ0v) is 11.9. The standard InChI is InChI=1S/C15H24N2O2/c1-18-14-6-5-13(12-15(14)19-2)4-3-9-17-10-7-16-8-11-17/h5-6,12,16H,3-4,7-11H2,1-2H3. The first-order valence-electron chi connectivity index (χ1n) is 6.97. The van der Waals surface area contributed by atoms with Crippen LogP contribution in [0.1, 0.15) is 12.0 Å². The van der Waals surface area contributed by atoms with Gasteiger partial charge in [-0.3, -0.25) is 0 Å². The fourth-order valence-electron chi connectivity index (χ4n) is 2.48. The van der Waals surface area contributed by atoms with Crippen molar-refractivity contribution in [3.05, 3.63) is 23.8 Å². The van der Waals surface area contributed by atoms with Crippen LogP contribution >= 0.6 is 0 Å². The van der Waals surface area contributed by atoms with Crippen molar-refractivity contribution in [1.82, 2.24) is 10.2 Å². The van der Waals surface area contributed by atoms with E-state index in [9.17, 15) is 0 Å². The van der Waals surface area contributed by atoms with Crippen molar-refractivity contribution < 1.29 is 9.47 Å². The van der Waals surface area contributed by atoms with Crippen molar-refractivity contribution in [3.8, 4) is 11.5 Å². The molecule has 0 aromatic heterocycles. The third-order valence-corrected chi connectivity index (χ3v) is 3.60. The van der Waals surface area contributed by atoms with Gasteiger partial charge in [0.2, 0.25) is 0 Å². The zero-order valence-electron chi connectivity index (χ0n) is 11.9. The molecule has 106 valence electrons. The predicted octanol–water partition coefficient (Wildman–Crippen LogP) is 1.54. The number of methoxy groups -OCH3 is 2. The number of ether oxygens (including phenoxy) is 2. The van der Waals surface area contributed by atoms with Crippen LogP contribution in [0.15, 0.2) is 18.2 Å². The molecule has 4 heteroatoms. The minimum absolute atomic E-state index is 0.799. The van der Waals surface area contributed by atoms with Crippen LogP contribution in [-0.2, 0) is 6.42 Å². The maximum Gasteiger partial charge on any atom is 0.160 e. The predicted molar refractivity (Wildman–Crippen MR) is 77.2 cm³/mol. The van der Waals surface area contributed by atoms with Crippen LogP contribution in [0.2, 0.25) is 0 Å². The number of nitrogens with one attached hydrogen (secondary N) is 1.